The van der Waals surface area contributed by atoms with E-state index in [-0.39, 0.29) is 13.0 Å². The SMILES string of the molecule is O=C(O)C[C@H](NC(=O)OCc1ccccc1)c1sccc1Br. The van der Waals surface area contributed by atoms with Crippen LogP contribution in [0, 0.1) is 0 Å². The highest BCUT2D eigenvalue weighted by Crippen LogP contribution is 2.31. The molecule has 1 atom stereocenters. The third kappa shape index (κ3) is 4.85. The number of nitrogens with one attached hydrogen (secondary N) is 1. The van der Waals surface area contributed by atoms with Crippen LogP contribution in [0.15, 0.2) is 46.3 Å². The van der Waals surface area contributed by atoms with Gasteiger partial charge in [-0.2, -0.15) is 0 Å². The number of hydrogen-bond acceptors (Lipinski definition) is 4. The van der Waals surface area contributed by atoms with Gasteiger partial charge in [-0.05, 0) is 32.9 Å². The summed E-state index contributed by atoms with van der Waals surface area (Å²) in [5, 5.41) is 13.4. The molecule has 0 saturated heterocycles. The quantitative estimate of drug-likeness (QED) is 0.791. The molecular weight excluding hydrogens is 370 g/mol. The maximum atomic E-state index is 11.9. The summed E-state index contributed by atoms with van der Waals surface area (Å²) in [5.41, 5.74) is 0.865. The van der Waals surface area contributed by atoms with Gasteiger partial charge in [0.05, 0.1) is 12.5 Å². The number of aliphatic carboxylic acids is 1. The Kier molecular flexibility index (Phi) is 5.97. The van der Waals surface area contributed by atoms with Crippen molar-refractivity contribution in [2.75, 3.05) is 0 Å². The number of carbonyl (C=O) groups excluding carboxylic acids is 1. The van der Waals surface area contributed by atoms with Gasteiger partial charge in [-0.25, -0.2) is 4.79 Å². The Hall–Kier alpha value is -1.86. The fraction of sp³-hybridized carbons (Fsp3) is 0.200. The molecule has 0 aliphatic carbocycles. The van der Waals surface area contributed by atoms with Gasteiger partial charge in [0, 0.05) is 9.35 Å². The molecule has 1 aromatic carbocycles. The molecule has 0 unspecified atom stereocenters. The summed E-state index contributed by atoms with van der Waals surface area (Å²) in [4.78, 5) is 23.6. The van der Waals surface area contributed by atoms with Gasteiger partial charge in [0.15, 0.2) is 0 Å². The molecule has 22 heavy (non-hydrogen) atoms. The average molecular weight is 384 g/mol. The molecule has 1 amide bonds. The van der Waals surface area contributed by atoms with Gasteiger partial charge in [0.1, 0.15) is 6.61 Å². The van der Waals surface area contributed by atoms with Crippen LogP contribution < -0.4 is 5.32 Å². The van der Waals surface area contributed by atoms with Crippen LogP contribution in [0.5, 0.6) is 0 Å². The second kappa shape index (κ2) is 7.95. The number of carbonyl (C=O) groups is 2. The monoisotopic (exact) mass is 383 g/mol. The summed E-state index contributed by atoms with van der Waals surface area (Å²) in [6, 6.07) is 10.5. The van der Waals surface area contributed by atoms with Crippen LogP contribution in [0.4, 0.5) is 4.79 Å². The Morgan fingerprint density at radius 2 is 2.00 bits per heavy atom. The number of carboxylic acids is 1. The minimum absolute atomic E-state index is 0.137. The topological polar surface area (TPSA) is 75.6 Å². The van der Waals surface area contributed by atoms with Gasteiger partial charge in [-0.3, -0.25) is 4.79 Å². The molecule has 116 valence electrons. The van der Waals surface area contributed by atoms with E-state index in [9.17, 15) is 9.59 Å². The molecule has 7 heteroatoms. The Morgan fingerprint density at radius 1 is 1.27 bits per heavy atom. The lowest BCUT2D eigenvalue weighted by Crippen LogP contribution is -2.30. The number of carboxylic acid groups (broad SMARTS) is 1. The molecule has 2 N–H and O–H groups in total. The number of hydrogen-bond donors (Lipinski definition) is 2. The normalized spacial score (nSPS) is 11.7. The lowest BCUT2D eigenvalue weighted by atomic mass is 10.2. The van der Waals surface area contributed by atoms with E-state index in [4.69, 9.17) is 9.84 Å². The summed E-state index contributed by atoms with van der Waals surface area (Å²) in [5.74, 6) is -0.992. The first-order valence-corrected chi connectivity index (χ1v) is 8.15. The molecule has 0 fully saturated rings. The molecule has 2 rings (SSSR count). The van der Waals surface area contributed by atoms with E-state index in [1.165, 1.54) is 11.3 Å². The predicted molar refractivity (Wildman–Crippen MR) is 86.8 cm³/mol. The van der Waals surface area contributed by atoms with Crippen LogP contribution in [0.3, 0.4) is 0 Å². The zero-order valence-corrected chi connectivity index (χ0v) is 13.9. The fourth-order valence-electron chi connectivity index (χ4n) is 1.85. The standard InChI is InChI=1S/C15H14BrNO4S/c16-11-6-7-22-14(11)12(8-13(18)19)17-15(20)21-9-10-4-2-1-3-5-10/h1-7,12H,8-9H2,(H,17,20)(H,18,19)/t12-/m0/s1. The molecule has 0 radical (unpaired) electrons. The Balaban J connectivity index is 1.96. The highest BCUT2D eigenvalue weighted by molar-refractivity contribution is 9.10. The highest BCUT2D eigenvalue weighted by atomic mass is 79.9. The van der Waals surface area contributed by atoms with E-state index in [0.29, 0.717) is 0 Å². The number of rotatable bonds is 6. The molecule has 5 nitrogen and oxygen atoms in total. The van der Waals surface area contributed by atoms with Gasteiger partial charge in [-0.1, -0.05) is 30.3 Å². The number of halogens is 1. The van der Waals surface area contributed by atoms with Crippen LogP contribution >= 0.6 is 27.3 Å². The molecule has 0 aliphatic heterocycles. The van der Waals surface area contributed by atoms with Gasteiger partial charge in [0.2, 0.25) is 0 Å². The van der Waals surface area contributed by atoms with Crippen LogP contribution in [0.25, 0.3) is 0 Å². The van der Waals surface area contributed by atoms with Crippen LogP contribution in [-0.2, 0) is 16.1 Å². The lowest BCUT2D eigenvalue weighted by molar-refractivity contribution is -0.137. The number of amides is 1. The number of thiophene rings is 1. The maximum Gasteiger partial charge on any atom is 0.407 e. The van der Waals surface area contributed by atoms with Crippen molar-refractivity contribution < 1.29 is 19.4 Å². The van der Waals surface area contributed by atoms with E-state index in [1.54, 1.807) is 0 Å². The van der Waals surface area contributed by atoms with E-state index in [1.807, 2.05) is 41.8 Å². The average Bonchev–Trinajstić information content (AvgIpc) is 2.91. The van der Waals surface area contributed by atoms with Gasteiger partial charge >= 0.3 is 12.1 Å². The smallest absolute Gasteiger partial charge is 0.407 e. The predicted octanol–water partition coefficient (Wildman–Crippen LogP) is 3.95. The Labute approximate surface area is 140 Å². The third-order valence-corrected chi connectivity index (χ3v) is 4.83. The van der Waals surface area contributed by atoms with Gasteiger partial charge < -0.3 is 15.2 Å². The molecule has 0 aliphatic rings. The van der Waals surface area contributed by atoms with Crippen molar-refractivity contribution in [2.45, 2.75) is 19.1 Å². The van der Waals surface area contributed by atoms with Crippen molar-refractivity contribution >= 4 is 39.3 Å². The van der Waals surface area contributed by atoms with Crippen molar-refractivity contribution in [3.63, 3.8) is 0 Å². The number of benzene rings is 1. The molecule has 0 saturated carbocycles. The first-order valence-electron chi connectivity index (χ1n) is 6.48. The number of alkyl carbamates (subject to hydrolysis) is 1. The van der Waals surface area contributed by atoms with Gasteiger partial charge in [0.25, 0.3) is 0 Å². The minimum Gasteiger partial charge on any atom is -0.481 e. The van der Waals surface area contributed by atoms with E-state index in [0.717, 1.165) is 14.9 Å². The van der Waals surface area contributed by atoms with Crippen molar-refractivity contribution in [1.29, 1.82) is 0 Å². The summed E-state index contributed by atoms with van der Waals surface area (Å²) < 4.78 is 5.89. The molecule has 2 aromatic rings. The van der Waals surface area contributed by atoms with Crippen molar-refractivity contribution in [2.24, 2.45) is 0 Å². The first kappa shape index (κ1) is 16.5. The summed E-state index contributed by atoms with van der Waals surface area (Å²) >= 11 is 4.72. The fourth-order valence-corrected chi connectivity index (χ4v) is 3.55. The third-order valence-electron chi connectivity index (χ3n) is 2.84. The zero-order chi connectivity index (χ0) is 15.9. The van der Waals surface area contributed by atoms with Gasteiger partial charge in [-0.15, -0.1) is 11.3 Å². The Morgan fingerprint density at radius 3 is 2.59 bits per heavy atom. The van der Waals surface area contributed by atoms with Crippen LogP contribution in [-0.4, -0.2) is 17.2 Å². The maximum absolute atomic E-state index is 11.9. The Bertz CT molecular complexity index is 644. The van der Waals surface area contributed by atoms with E-state index in [2.05, 4.69) is 21.2 Å². The minimum atomic E-state index is -0.992. The first-order chi connectivity index (χ1) is 10.6. The zero-order valence-electron chi connectivity index (χ0n) is 11.5. The highest BCUT2D eigenvalue weighted by Gasteiger charge is 2.22. The molecule has 0 spiro atoms. The van der Waals surface area contributed by atoms with Crippen molar-refractivity contribution in [3.8, 4) is 0 Å². The summed E-state index contributed by atoms with van der Waals surface area (Å²) in [6.07, 6.45) is -0.852. The van der Waals surface area contributed by atoms with E-state index < -0.39 is 18.1 Å². The van der Waals surface area contributed by atoms with Crippen LogP contribution in [0.2, 0.25) is 0 Å². The van der Waals surface area contributed by atoms with Crippen LogP contribution in [0.1, 0.15) is 22.9 Å². The molecule has 1 heterocycles. The lowest BCUT2D eigenvalue weighted by Gasteiger charge is -2.16. The largest absolute Gasteiger partial charge is 0.481 e. The summed E-state index contributed by atoms with van der Waals surface area (Å²) in [7, 11) is 0. The molecular formula is C15H14BrNO4S. The second-order valence-corrected chi connectivity index (χ2v) is 6.29. The van der Waals surface area contributed by atoms with Crippen molar-refractivity contribution in [1.82, 2.24) is 5.32 Å². The second-order valence-electron chi connectivity index (χ2n) is 4.49. The van der Waals surface area contributed by atoms with Crippen molar-refractivity contribution in [3.05, 3.63) is 56.7 Å². The number of ether oxygens (including phenoxy) is 1. The molecule has 1 aromatic heterocycles. The van der Waals surface area contributed by atoms with E-state index >= 15 is 0 Å². The molecule has 0 bridgehead atoms. The summed E-state index contributed by atoms with van der Waals surface area (Å²) in [6.45, 7) is 0.137.